The molecule has 0 unspecified atom stereocenters. The predicted octanol–water partition coefficient (Wildman–Crippen LogP) is 3.44. The summed E-state index contributed by atoms with van der Waals surface area (Å²) in [6.45, 7) is 1.57. The smallest absolute Gasteiger partial charge is 0.223 e. The summed E-state index contributed by atoms with van der Waals surface area (Å²) in [6, 6.07) is 18.0. The van der Waals surface area contributed by atoms with Gasteiger partial charge in [-0.1, -0.05) is 30.3 Å². The summed E-state index contributed by atoms with van der Waals surface area (Å²) in [5.74, 6) is 0.0221. The van der Waals surface area contributed by atoms with E-state index in [0.717, 1.165) is 17.1 Å². The fourth-order valence-electron chi connectivity index (χ4n) is 1.99. The van der Waals surface area contributed by atoms with Gasteiger partial charge in [0.15, 0.2) is 0 Å². The Balaban J connectivity index is 2.43. The zero-order valence-electron chi connectivity index (χ0n) is 11.5. The summed E-state index contributed by atoms with van der Waals surface area (Å²) >= 11 is 0. The molecule has 0 saturated heterocycles. The molecule has 0 radical (unpaired) electrons. The highest BCUT2D eigenvalue weighted by atomic mass is 16.2. The second-order valence-corrected chi connectivity index (χ2v) is 4.46. The van der Waals surface area contributed by atoms with E-state index >= 15 is 0 Å². The second-order valence-electron chi connectivity index (χ2n) is 4.46. The van der Waals surface area contributed by atoms with Gasteiger partial charge in [0.2, 0.25) is 5.91 Å². The lowest BCUT2D eigenvalue weighted by Gasteiger charge is -2.26. The van der Waals surface area contributed by atoms with Gasteiger partial charge in [-0.2, -0.15) is 0 Å². The van der Waals surface area contributed by atoms with Gasteiger partial charge in [-0.3, -0.25) is 4.79 Å². The van der Waals surface area contributed by atoms with E-state index in [-0.39, 0.29) is 5.91 Å². The highest BCUT2D eigenvalue weighted by Crippen LogP contribution is 2.32. The Morgan fingerprint density at radius 1 is 0.842 bits per heavy atom. The van der Waals surface area contributed by atoms with E-state index in [4.69, 9.17) is 0 Å². The third-order valence-corrected chi connectivity index (χ3v) is 3.22. The highest BCUT2D eigenvalue weighted by molar-refractivity contribution is 5.95. The molecule has 0 bridgehead atoms. The fourth-order valence-corrected chi connectivity index (χ4v) is 1.99. The first-order valence-corrected chi connectivity index (χ1v) is 6.23. The molecule has 19 heavy (non-hydrogen) atoms. The zero-order valence-corrected chi connectivity index (χ0v) is 11.5. The lowest BCUT2D eigenvalue weighted by molar-refractivity contribution is -0.116. The fraction of sp³-hybridized carbons (Fsp3) is 0.188. The van der Waals surface area contributed by atoms with Crippen LogP contribution in [0, 0.1) is 0 Å². The quantitative estimate of drug-likeness (QED) is 0.837. The molecule has 1 amide bonds. The monoisotopic (exact) mass is 254 g/mol. The minimum atomic E-state index is 0.0221. The number of carbonyl (C=O) groups excluding carboxylic acids is 1. The third kappa shape index (κ3) is 2.76. The zero-order chi connectivity index (χ0) is 13.8. The molecule has 2 aromatic carbocycles. The Morgan fingerprint density at radius 2 is 1.37 bits per heavy atom. The van der Waals surface area contributed by atoms with Crippen LogP contribution >= 0.6 is 0 Å². The van der Waals surface area contributed by atoms with Crippen molar-refractivity contribution < 1.29 is 4.79 Å². The van der Waals surface area contributed by atoms with Crippen molar-refractivity contribution in [1.82, 2.24) is 0 Å². The van der Waals surface area contributed by atoms with Gasteiger partial charge in [0.25, 0.3) is 0 Å². The van der Waals surface area contributed by atoms with Crippen molar-refractivity contribution in [3.05, 3.63) is 54.6 Å². The summed E-state index contributed by atoms with van der Waals surface area (Å²) in [5, 5.41) is 0. The molecular weight excluding hydrogens is 236 g/mol. The van der Waals surface area contributed by atoms with Crippen LogP contribution < -0.4 is 9.80 Å². The number of nitrogens with zero attached hydrogens (tertiary/aromatic N) is 2. The number of amides is 1. The van der Waals surface area contributed by atoms with Crippen LogP contribution in [-0.4, -0.2) is 20.0 Å². The predicted molar refractivity (Wildman–Crippen MR) is 80.0 cm³/mol. The Morgan fingerprint density at radius 3 is 1.95 bits per heavy atom. The standard InChI is InChI=1S/C16H18N2O/c1-13(19)17(2)15-11-7-8-12-16(15)18(3)14-9-5-4-6-10-14/h4-12H,1-3H3. The molecular formula is C16H18N2O. The first-order valence-electron chi connectivity index (χ1n) is 6.23. The van der Waals surface area contributed by atoms with Crippen molar-refractivity contribution in [1.29, 1.82) is 0 Å². The van der Waals surface area contributed by atoms with Crippen LogP contribution in [0.25, 0.3) is 0 Å². The van der Waals surface area contributed by atoms with E-state index < -0.39 is 0 Å². The van der Waals surface area contributed by atoms with E-state index in [1.165, 1.54) is 0 Å². The molecule has 2 rings (SSSR count). The highest BCUT2D eigenvalue weighted by Gasteiger charge is 2.13. The molecule has 3 nitrogen and oxygen atoms in total. The summed E-state index contributed by atoms with van der Waals surface area (Å²) in [7, 11) is 3.79. The Labute approximate surface area is 114 Å². The van der Waals surface area contributed by atoms with Crippen molar-refractivity contribution >= 4 is 23.0 Å². The maximum atomic E-state index is 11.6. The van der Waals surface area contributed by atoms with E-state index in [0.29, 0.717) is 0 Å². The molecule has 98 valence electrons. The van der Waals surface area contributed by atoms with Gasteiger partial charge in [-0.05, 0) is 24.3 Å². The van der Waals surface area contributed by atoms with Crippen molar-refractivity contribution in [2.75, 3.05) is 23.9 Å². The van der Waals surface area contributed by atoms with Crippen LogP contribution in [0.3, 0.4) is 0 Å². The number of para-hydroxylation sites is 3. The van der Waals surface area contributed by atoms with Crippen molar-refractivity contribution in [3.8, 4) is 0 Å². The summed E-state index contributed by atoms with van der Waals surface area (Å²) < 4.78 is 0. The molecule has 0 aromatic heterocycles. The summed E-state index contributed by atoms with van der Waals surface area (Å²) in [6.07, 6.45) is 0. The van der Waals surface area contributed by atoms with Gasteiger partial charge in [0.05, 0.1) is 11.4 Å². The average Bonchev–Trinajstić information content (AvgIpc) is 2.46. The molecule has 0 spiro atoms. The van der Waals surface area contributed by atoms with Crippen LogP contribution in [0.2, 0.25) is 0 Å². The molecule has 0 atom stereocenters. The van der Waals surface area contributed by atoms with E-state index in [1.807, 2.05) is 61.6 Å². The van der Waals surface area contributed by atoms with Gasteiger partial charge >= 0.3 is 0 Å². The van der Waals surface area contributed by atoms with Crippen LogP contribution in [0.4, 0.5) is 17.1 Å². The van der Waals surface area contributed by atoms with Crippen LogP contribution in [-0.2, 0) is 4.79 Å². The largest absolute Gasteiger partial charge is 0.343 e. The Hall–Kier alpha value is -2.29. The molecule has 3 heteroatoms. The Bertz CT molecular complexity index is 566. The maximum Gasteiger partial charge on any atom is 0.223 e. The number of rotatable bonds is 3. The van der Waals surface area contributed by atoms with Gasteiger partial charge in [0.1, 0.15) is 0 Å². The minimum absolute atomic E-state index is 0.0221. The molecule has 0 aliphatic carbocycles. The van der Waals surface area contributed by atoms with Gasteiger partial charge in [-0.25, -0.2) is 0 Å². The second kappa shape index (κ2) is 5.57. The van der Waals surface area contributed by atoms with Gasteiger partial charge < -0.3 is 9.80 Å². The first-order chi connectivity index (χ1) is 9.11. The SMILES string of the molecule is CC(=O)N(C)c1ccccc1N(C)c1ccccc1. The molecule has 0 aliphatic heterocycles. The molecule has 0 saturated carbocycles. The van der Waals surface area contributed by atoms with Gasteiger partial charge in [0, 0.05) is 26.7 Å². The Kier molecular flexibility index (Phi) is 3.85. The minimum Gasteiger partial charge on any atom is -0.343 e. The topological polar surface area (TPSA) is 23.6 Å². The number of carbonyl (C=O) groups is 1. The average molecular weight is 254 g/mol. The molecule has 0 heterocycles. The van der Waals surface area contributed by atoms with Crippen molar-refractivity contribution in [2.24, 2.45) is 0 Å². The summed E-state index contributed by atoms with van der Waals surface area (Å²) in [5.41, 5.74) is 3.00. The van der Waals surface area contributed by atoms with Gasteiger partial charge in [-0.15, -0.1) is 0 Å². The lowest BCUT2D eigenvalue weighted by atomic mass is 10.2. The first kappa shape index (κ1) is 13.1. The van der Waals surface area contributed by atoms with Crippen LogP contribution in [0.5, 0.6) is 0 Å². The molecule has 0 aliphatic rings. The molecule has 0 N–H and O–H groups in total. The third-order valence-electron chi connectivity index (χ3n) is 3.22. The van der Waals surface area contributed by atoms with Crippen molar-refractivity contribution in [2.45, 2.75) is 6.92 Å². The van der Waals surface area contributed by atoms with Crippen molar-refractivity contribution in [3.63, 3.8) is 0 Å². The summed E-state index contributed by atoms with van der Waals surface area (Å²) in [4.78, 5) is 15.3. The van der Waals surface area contributed by atoms with E-state index in [1.54, 1.807) is 18.9 Å². The molecule has 0 fully saturated rings. The number of anilines is 3. The normalized spacial score (nSPS) is 10.1. The van der Waals surface area contributed by atoms with Crippen LogP contribution in [0.1, 0.15) is 6.92 Å². The van der Waals surface area contributed by atoms with Crippen LogP contribution in [0.15, 0.2) is 54.6 Å². The van der Waals surface area contributed by atoms with E-state index in [2.05, 4.69) is 4.90 Å². The number of hydrogen-bond donors (Lipinski definition) is 0. The lowest BCUT2D eigenvalue weighted by Crippen LogP contribution is -2.25. The maximum absolute atomic E-state index is 11.6. The number of benzene rings is 2. The number of hydrogen-bond acceptors (Lipinski definition) is 2. The van der Waals surface area contributed by atoms with E-state index in [9.17, 15) is 4.79 Å². The molecule has 2 aromatic rings.